The van der Waals surface area contributed by atoms with E-state index in [1.807, 2.05) is 13.0 Å². The number of rotatable bonds is 4. The monoisotopic (exact) mass is 404 g/mol. The predicted molar refractivity (Wildman–Crippen MR) is 103 cm³/mol. The van der Waals surface area contributed by atoms with Crippen LogP contribution in [0.15, 0.2) is 24.3 Å². The quantitative estimate of drug-likeness (QED) is 0.812. The van der Waals surface area contributed by atoms with Crippen LogP contribution in [0.3, 0.4) is 0 Å². The first-order valence-corrected chi connectivity index (χ1v) is 9.49. The van der Waals surface area contributed by atoms with Crippen molar-refractivity contribution in [1.29, 1.82) is 0 Å². The summed E-state index contributed by atoms with van der Waals surface area (Å²) in [4.78, 5) is 37.6. The molecule has 2 heterocycles. The van der Waals surface area contributed by atoms with Crippen molar-refractivity contribution < 1.29 is 28.6 Å². The van der Waals surface area contributed by atoms with E-state index in [0.29, 0.717) is 22.1 Å². The predicted octanol–water partition coefficient (Wildman–Crippen LogP) is 3.03. The molecule has 3 rings (SSSR count). The number of alkyl carbamates (subject to hydrolysis) is 1. The molecule has 1 aromatic carbocycles. The number of hydrogen-bond donors (Lipinski definition) is 2. The van der Waals surface area contributed by atoms with Crippen molar-refractivity contribution in [2.75, 3.05) is 18.5 Å². The SMILES string of the molecule is CCOC(=O)NC(=O)c1c(NC(=O)[C@@H]2COc3ccccc3O2)sc(C)c1C. The zero-order chi connectivity index (χ0) is 20.3. The van der Waals surface area contributed by atoms with Gasteiger partial charge in [-0.05, 0) is 38.5 Å². The molecule has 0 radical (unpaired) electrons. The summed E-state index contributed by atoms with van der Waals surface area (Å²) in [5.41, 5.74) is 0.897. The van der Waals surface area contributed by atoms with Crippen LogP contribution in [0.25, 0.3) is 0 Å². The standard InChI is InChI=1S/C19H20N2O6S/c1-4-25-19(24)21-17(23)15-10(2)11(3)28-18(15)20-16(22)14-9-26-12-7-5-6-8-13(12)27-14/h5-8,14H,4,9H2,1-3H3,(H,20,22)(H,21,23,24)/t14-/m0/s1. The summed E-state index contributed by atoms with van der Waals surface area (Å²) in [7, 11) is 0. The molecule has 0 saturated carbocycles. The van der Waals surface area contributed by atoms with Crippen molar-refractivity contribution in [3.8, 4) is 11.5 Å². The fourth-order valence-corrected chi connectivity index (χ4v) is 3.71. The minimum absolute atomic E-state index is 0.0521. The molecular weight excluding hydrogens is 384 g/mol. The number of thiophene rings is 1. The van der Waals surface area contributed by atoms with Crippen LogP contribution >= 0.6 is 11.3 Å². The summed E-state index contributed by atoms with van der Waals surface area (Å²) in [6.07, 6.45) is -1.70. The van der Waals surface area contributed by atoms with E-state index in [0.717, 1.165) is 4.88 Å². The van der Waals surface area contributed by atoms with Gasteiger partial charge in [0.15, 0.2) is 11.5 Å². The summed E-state index contributed by atoms with van der Waals surface area (Å²) in [5.74, 6) is -0.0284. The van der Waals surface area contributed by atoms with Crippen molar-refractivity contribution >= 4 is 34.2 Å². The van der Waals surface area contributed by atoms with Crippen LogP contribution in [0.4, 0.5) is 9.80 Å². The molecule has 2 aromatic rings. The Balaban J connectivity index is 1.75. The zero-order valence-corrected chi connectivity index (χ0v) is 16.5. The van der Waals surface area contributed by atoms with Crippen LogP contribution in [-0.2, 0) is 9.53 Å². The van der Waals surface area contributed by atoms with Gasteiger partial charge in [0.25, 0.3) is 11.8 Å². The highest BCUT2D eigenvalue weighted by Crippen LogP contribution is 2.34. The second-order valence-corrected chi connectivity index (χ2v) is 7.24. The second kappa shape index (κ2) is 8.30. The number of hydrogen-bond acceptors (Lipinski definition) is 7. The molecule has 0 saturated heterocycles. The van der Waals surface area contributed by atoms with Crippen molar-refractivity contribution in [2.45, 2.75) is 26.9 Å². The summed E-state index contributed by atoms with van der Waals surface area (Å²) in [5, 5.41) is 5.21. The minimum Gasteiger partial charge on any atom is -0.485 e. The number of fused-ring (bicyclic) bond motifs is 1. The number of aryl methyl sites for hydroxylation is 1. The fourth-order valence-electron chi connectivity index (χ4n) is 2.65. The van der Waals surface area contributed by atoms with Gasteiger partial charge in [0.1, 0.15) is 11.6 Å². The number of benzene rings is 1. The Kier molecular flexibility index (Phi) is 5.84. The maximum absolute atomic E-state index is 12.7. The maximum Gasteiger partial charge on any atom is 0.414 e. The Morgan fingerprint density at radius 3 is 2.64 bits per heavy atom. The van der Waals surface area contributed by atoms with Gasteiger partial charge in [0.05, 0.1) is 12.2 Å². The van der Waals surface area contributed by atoms with Crippen LogP contribution in [-0.4, -0.2) is 37.2 Å². The number of imide groups is 1. The highest BCUT2D eigenvalue weighted by molar-refractivity contribution is 7.16. The highest BCUT2D eigenvalue weighted by Gasteiger charge is 2.30. The summed E-state index contributed by atoms with van der Waals surface area (Å²) in [6.45, 7) is 5.41. The molecule has 0 bridgehead atoms. The number of carbonyl (C=O) groups is 3. The first kappa shape index (κ1) is 19.7. The van der Waals surface area contributed by atoms with E-state index < -0.39 is 24.0 Å². The lowest BCUT2D eigenvalue weighted by molar-refractivity contribution is -0.125. The Bertz CT molecular complexity index is 923. The normalized spacial score (nSPS) is 14.9. The molecule has 0 fully saturated rings. The number of carbonyl (C=O) groups excluding carboxylic acids is 3. The molecule has 1 aliphatic heterocycles. The van der Waals surface area contributed by atoms with Gasteiger partial charge in [0, 0.05) is 4.88 Å². The van der Waals surface area contributed by atoms with E-state index in [-0.39, 0.29) is 18.8 Å². The largest absolute Gasteiger partial charge is 0.485 e. The molecule has 148 valence electrons. The van der Waals surface area contributed by atoms with E-state index in [9.17, 15) is 14.4 Å². The van der Waals surface area contributed by atoms with Gasteiger partial charge < -0.3 is 19.5 Å². The van der Waals surface area contributed by atoms with Crippen molar-refractivity contribution in [2.24, 2.45) is 0 Å². The van der Waals surface area contributed by atoms with E-state index in [2.05, 4.69) is 10.6 Å². The van der Waals surface area contributed by atoms with Gasteiger partial charge in [-0.3, -0.25) is 14.9 Å². The van der Waals surface area contributed by atoms with Crippen LogP contribution < -0.4 is 20.1 Å². The molecule has 3 amide bonds. The number of anilines is 1. The van der Waals surface area contributed by atoms with Gasteiger partial charge in [-0.15, -0.1) is 11.3 Å². The molecule has 28 heavy (non-hydrogen) atoms. The molecule has 0 unspecified atom stereocenters. The van der Waals surface area contributed by atoms with Crippen LogP contribution in [0.5, 0.6) is 11.5 Å². The number of amides is 3. The van der Waals surface area contributed by atoms with E-state index in [1.165, 1.54) is 11.3 Å². The smallest absolute Gasteiger partial charge is 0.414 e. The summed E-state index contributed by atoms with van der Waals surface area (Å²) >= 11 is 1.25. The average molecular weight is 404 g/mol. The lowest BCUT2D eigenvalue weighted by atomic mass is 10.1. The Hall–Kier alpha value is -3.07. The highest BCUT2D eigenvalue weighted by atomic mass is 32.1. The summed E-state index contributed by atoms with van der Waals surface area (Å²) in [6, 6.07) is 7.07. The van der Waals surface area contributed by atoms with E-state index >= 15 is 0 Å². The van der Waals surface area contributed by atoms with Gasteiger partial charge in [-0.25, -0.2) is 4.79 Å². The number of para-hydroxylation sites is 2. The van der Waals surface area contributed by atoms with Crippen molar-refractivity contribution in [3.05, 3.63) is 40.3 Å². The van der Waals surface area contributed by atoms with Gasteiger partial charge in [-0.1, -0.05) is 12.1 Å². The van der Waals surface area contributed by atoms with Gasteiger partial charge in [-0.2, -0.15) is 0 Å². The maximum atomic E-state index is 12.7. The second-order valence-electron chi connectivity index (χ2n) is 6.02. The minimum atomic E-state index is -0.862. The van der Waals surface area contributed by atoms with Crippen LogP contribution in [0.2, 0.25) is 0 Å². The Morgan fingerprint density at radius 1 is 1.21 bits per heavy atom. The average Bonchev–Trinajstić information content (AvgIpc) is 2.94. The zero-order valence-electron chi connectivity index (χ0n) is 15.7. The summed E-state index contributed by atoms with van der Waals surface area (Å²) < 4.78 is 16.0. The molecule has 0 spiro atoms. The fraction of sp³-hybridized carbons (Fsp3) is 0.316. The Labute approximate surface area is 165 Å². The van der Waals surface area contributed by atoms with Crippen LogP contribution in [0.1, 0.15) is 27.7 Å². The number of ether oxygens (including phenoxy) is 3. The van der Waals surface area contributed by atoms with Crippen molar-refractivity contribution in [3.63, 3.8) is 0 Å². The van der Waals surface area contributed by atoms with Gasteiger partial charge in [0.2, 0.25) is 6.10 Å². The molecule has 1 atom stereocenters. The van der Waals surface area contributed by atoms with Gasteiger partial charge >= 0.3 is 6.09 Å². The molecule has 0 aliphatic carbocycles. The van der Waals surface area contributed by atoms with E-state index in [4.69, 9.17) is 14.2 Å². The van der Waals surface area contributed by atoms with Crippen molar-refractivity contribution in [1.82, 2.24) is 5.32 Å². The molecule has 1 aromatic heterocycles. The first-order valence-electron chi connectivity index (χ1n) is 8.68. The van der Waals surface area contributed by atoms with E-state index in [1.54, 1.807) is 32.0 Å². The lowest BCUT2D eigenvalue weighted by Crippen LogP contribution is -2.40. The third kappa shape index (κ3) is 4.09. The number of nitrogens with one attached hydrogen (secondary N) is 2. The molecule has 8 nitrogen and oxygen atoms in total. The topological polar surface area (TPSA) is 103 Å². The first-order chi connectivity index (χ1) is 13.4. The molecule has 1 aliphatic rings. The third-order valence-electron chi connectivity index (χ3n) is 4.14. The molecule has 9 heteroatoms. The Morgan fingerprint density at radius 2 is 1.93 bits per heavy atom. The molecular formula is C19H20N2O6S. The lowest BCUT2D eigenvalue weighted by Gasteiger charge is -2.25. The third-order valence-corrected chi connectivity index (χ3v) is 5.26. The molecule has 2 N–H and O–H groups in total. The van der Waals surface area contributed by atoms with Crippen LogP contribution in [0, 0.1) is 13.8 Å².